The van der Waals surface area contributed by atoms with Crippen LogP contribution in [0.5, 0.6) is 11.5 Å². The van der Waals surface area contributed by atoms with Gasteiger partial charge < -0.3 is 14.8 Å². The van der Waals surface area contributed by atoms with Gasteiger partial charge in [0.15, 0.2) is 11.5 Å². The summed E-state index contributed by atoms with van der Waals surface area (Å²) >= 11 is 0. The molecule has 0 aliphatic carbocycles. The van der Waals surface area contributed by atoms with Gasteiger partial charge >= 0.3 is 0 Å². The molecule has 1 aromatic heterocycles. The SMILES string of the molecule is CC/C=C(/C)C(=O)N[C@H](C)c1ccc(OCc2ccncc2)c(OC)c1. The van der Waals surface area contributed by atoms with Gasteiger partial charge in [0, 0.05) is 18.0 Å². The molecule has 2 aromatic rings. The van der Waals surface area contributed by atoms with Crippen LogP contribution in [-0.4, -0.2) is 18.0 Å². The average Bonchev–Trinajstić information content (AvgIpc) is 2.67. The van der Waals surface area contributed by atoms with E-state index < -0.39 is 0 Å². The average molecular weight is 354 g/mol. The first-order valence-corrected chi connectivity index (χ1v) is 8.72. The highest BCUT2D eigenvalue weighted by Gasteiger charge is 2.14. The smallest absolute Gasteiger partial charge is 0.247 e. The van der Waals surface area contributed by atoms with Crippen LogP contribution < -0.4 is 14.8 Å². The number of benzene rings is 1. The van der Waals surface area contributed by atoms with Crippen molar-refractivity contribution in [2.24, 2.45) is 0 Å². The lowest BCUT2D eigenvalue weighted by molar-refractivity contribution is -0.118. The van der Waals surface area contributed by atoms with E-state index in [1.165, 1.54) is 0 Å². The summed E-state index contributed by atoms with van der Waals surface area (Å²) in [5.74, 6) is 1.24. The predicted molar refractivity (Wildman–Crippen MR) is 102 cm³/mol. The highest BCUT2D eigenvalue weighted by molar-refractivity contribution is 5.93. The molecule has 2 rings (SSSR count). The lowest BCUT2D eigenvalue weighted by Gasteiger charge is -2.17. The van der Waals surface area contributed by atoms with E-state index in [-0.39, 0.29) is 11.9 Å². The molecule has 26 heavy (non-hydrogen) atoms. The molecule has 1 aromatic carbocycles. The number of aromatic nitrogens is 1. The summed E-state index contributed by atoms with van der Waals surface area (Å²) in [6.07, 6.45) is 6.22. The van der Waals surface area contributed by atoms with Crippen LogP contribution >= 0.6 is 0 Å². The van der Waals surface area contributed by atoms with Crippen LogP contribution in [0.4, 0.5) is 0 Å². The molecular weight excluding hydrogens is 328 g/mol. The van der Waals surface area contributed by atoms with Gasteiger partial charge in [-0.2, -0.15) is 0 Å². The summed E-state index contributed by atoms with van der Waals surface area (Å²) in [5.41, 5.74) is 2.71. The van der Waals surface area contributed by atoms with Gasteiger partial charge in [-0.1, -0.05) is 19.1 Å². The fourth-order valence-corrected chi connectivity index (χ4v) is 2.51. The zero-order valence-corrected chi connectivity index (χ0v) is 15.8. The molecule has 0 aliphatic heterocycles. The van der Waals surface area contributed by atoms with E-state index in [1.54, 1.807) is 19.5 Å². The van der Waals surface area contributed by atoms with Crippen molar-refractivity contribution in [1.29, 1.82) is 0 Å². The topological polar surface area (TPSA) is 60.5 Å². The van der Waals surface area contributed by atoms with E-state index in [1.807, 2.05) is 57.2 Å². The van der Waals surface area contributed by atoms with Crippen molar-refractivity contribution in [2.45, 2.75) is 39.8 Å². The zero-order valence-electron chi connectivity index (χ0n) is 15.8. The maximum atomic E-state index is 12.2. The Hall–Kier alpha value is -2.82. The number of carbonyl (C=O) groups is 1. The van der Waals surface area contributed by atoms with Crippen LogP contribution in [-0.2, 0) is 11.4 Å². The number of nitrogens with one attached hydrogen (secondary N) is 1. The Morgan fingerprint density at radius 1 is 1.23 bits per heavy atom. The van der Waals surface area contributed by atoms with Gasteiger partial charge in [-0.3, -0.25) is 9.78 Å². The quantitative estimate of drug-likeness (QED) is 0.722. The van der Waals surface area contributed by atoms with Gasteiger partial charge in [-0.05, 0) is 55.7 Å². The highest BCUT2D eigenvalue weighted by atomic mass is 16.5. The van der Waals surface area contributed by atoms with Crippen molar-refractivity contribution >= 4 is 5.91 Å². The number of ether oxygens (including phenoxy) is 2. The Labute approximate surface area is 155 Å². The van der Waals surface area contributed by atoms with Gasteiger partial charge in [0.2, 0.25) is 5.91 Å². The number of amides is 1. The molecule has 0 saturated heterocycles. The van der Waals surface area contributed by atoms with E-state index in [9.17, 15) is 4.79 Å². The minimum atomic E-state index is -0.133. The summed E-state index contributed by atoms with van der Waals surface area (Å²) in [4.78, 5) is 16.2. The molecule has 0 saturated carbocycles. The van der Waals surface area contributed by atoms with E-state index >= 15 is 0 Å². The second-order valence-electron chi connectivity index (χ2n) is 6.04. The third-order valence-electron chi connectivity index (χ3n) is 4.05. The summed E-state index contributed by atoms with van der Waals surface area (Å²) in [5, 5.41) is 3.00. The first-order valence-electron chi connectivity index (χ1n) is 8.72. The molecule has 1 atom stereocenters. The van der Waals surface area contributed by atoms with Crippen molar-refractivity contribution in [3.8, 4) is 11.5 Å². The van der Waals surface area contributed by atoms with Gasteiger partial charge in [-0.25, -0.2) is 0 Å². The Kier molecular flexibility index (Phi) is 7.21. The Bertz CT molecular complexity index is 757. The van der Waals surface area contributed by atoms with E-state index in [0.717, 1.165) is 23.1 Å². The number of rotatable bonds is 8. The monoisotopic (exact) mass is 354 g/mol. The molecule has 0 aliphatic rings. The van der Waals surface area contributed by atoms with Gasteiger partial charge in [0.25, 0.3) is 0 Å². The fourth-order valence-electron chi connectivity index (χ4n) is 2.51. The number of carbonyl (C=O) groups excluding carboxylic acids is 1. The Balaban J connectivity index is 2.07. The lowest BCUT2D eigenvalue weighted by atomic mass is 10.1. The number of allylic oxidation sites excluding steroid dienone is 1. The van der Waals surface area contributed by atoms with Crippen LogP contribution in [0.15, 0.2) is 54.4 Å². The molecule has 0 fully saturated rings. The van der Waals surface area contributed by atoms with Crippen LogP contribution in [0.3, 0.4) is 0 Å². The van der Waals surface area contributed by atoms with Crippen molar-refractivity contribution in [1.82, 2.24) is 10.3 Å². The molecule has 5 heteroatoms. The number of hydrogen-bond donors (Lipinski definition) is 1. The molecule has 0 unspecified atom stereocenters. The predicted octanol–water partition coefficient (Wildman–Crippen LogP) is 4.20. The van der Waals surface area contributed by atoms with E-state index in [2.05, 4.69) is 10.3 Å². The highest BCUT2D eigenvalue weighted by Crippen LogP contribution is 2.31. The first kappa shape index (κ1) is 19.5. The maximum Gasteiger partial charge on any atom is 0.247 e. The molecule has 1 amide bonds. The molecular formula is C21H26N2O3. The molecule has 5 nitrogen and oxygen atoms in total. The number of hydrogen-bond acceptors (Lipinski definition) is 4. The summed E-state index contributed by atoms with van der Waals surface area (Å²) in [6, 6.07) is 9.38. The van der Waals surface area contributed by atoms with Crippen LogP contribution in [0, 0.1) is 0 Å². The Morgan fingerprint density at radius 2 is 1.96 bits per heavy atom. The molecule has 1 N–H and O–H groups in total. The number of methoxy groups -OCH3 is 1. The second kappa shape index (κ2) is 9.61. The number of pyridine rings is 1. The maximum absolute atomic E-state index is 12.2. The molecule has 1 heterocycles. The van der Waals surface area contributed by atoms with Crippen LogP contribution in [0.2, 0.25) is 0 Å². The lowest BCUT2D eigenvalue weighted by Crippen LogP contribution is -2.27. The van der Waals surface area contributed by atoms with Crippen molar-refractivity contribution in [3.05, 3.63) is 65.5 Å². The van der Waals surface area contributed by atoms with Crippen molar-refractivity contribution < 1.29 is 14.3 Å². The van der Waals surface area contributed by atoms with Gasteiger partial charge in [0.1, 0.15) is 6.61 Å². The van der Waals surface area contributed by atoms with Crippen LogP contribution in [0.25, 0.3) is 0 Å². The molecule has 0 spiro atoms. The normalized spacial score (nSPS) is 12.4. The van der Waals surface area contributed by atoms with Gasteiger partial charge in [0.05, 0.1) is 13.2 Å². The third-order valence-corrected chi connectivity index (χ3v) is 4.05. The summed E-state index contributed by atoms with van der Waals surface area (Å²) in [7, 11) is 1.61. The van der Waals surface area contributed by atoms with Gasteiger partial charge in [-0.15, -0.1) is 0 Å². The van der Waals surface area contributed by atoms with Crippen molar-refractivity contribution in [3.63, 3.8) is 0 Å². The summed E-state index contributed by atoms with van der Waals surface area (Å²) in [6.45, 7) is 6.22. The second-order valence-corrected chi connectivity index (χ2v) is 6.04. The zero-order chi connectivity index (χ0) is 18.9. The van der Waals surface area contributed by atoms with E-state index in [4.69, 9.17) is 9.47 Å². The largest absolute Gasteiger partial charge is 0.493 e. The summed E-state index contributed by atoms with van der Waals surface area (Å²) < 4.78 is 11.3. The number of nitrogens with zero attached hydrogens (tertiary/aromatic N) is 1. The molecule has 0 radical (unpaired) electrons. The van der Waals surface area contributed by atoms with E-state index in [0.29, 0.717) is 18.1 Å². The Morgan fingerprint density at radius 3 is 2.62 bits per heavy atom. The molecule has 138 valence electrons. The fraction of sp³-hybridized carbons (Fsp3) is 0.333. The third kappa shape index (κ3) is 5.34. The first-order chi connectivity index (χ1) is 12.5. The standard InChI is InChI=1S/C21H26N2O3/c1-5-6-15(2)21(24)23-16(3)18-7-8-19(20(13-18)25-4)26-14-17-9-11-22-12-10-17/h6-13,16H,5,14H2,1-4H3,(H,23,24)/b15-6-/t16-/m1/s1. The minimum absolute atomic E-state index is 0.0590. The minimum Gasteiger partial charge on any atom is -0.493 e. The van der Waals surface area contributed by atoms with Crippen LogP contribution in [0.1, 0.15) is 44.4 Å². The molecule has 0 bridgehead atoms. The van der Waals surface area contributed by atoms with Crippen molar-refractivity contribution in [2.75, 3.05) is 7.11 Å².